The number of hydrogen-bond acceptors (Lipinski definition) is 6. The Morgan fingerprint density at radius 1 is 1.09 bits per heavy atom. The van der Waals surface area contributed by atoms with Gasteiger partial charge in [-0.2, -0.15) is 9.61 Å². The molecule has 1 aliphatic heterocycles. The van der Waals surface area contributed by atoms with Crippen LogP contribution in [0, 0.1) is 12.7 Å². The van der Waals surface area contributed by atoms with E-state index in [9.17, 15) is 14.0 Å². The Hall–Kier alpha value is -3.30. The smallest absolute Gasteiger partial charge is 0.277 e. The standard InChI is InChI=1S/C23H19ClFN5O2S/c1-14-4-2-3-5-16(14)21-27-30-20(31)13-19(26-23(30)33-21)28-8-10-29(11-9-28)22(32)15-6-7-18(25)17(24)12-15/h2-7,12-13H,8-11H2,1H3. The van der Waals surface area contributed by atoms with Gasteiger partial charge in [0.25, 0.3) is 11.5 Å². The fraction of sp³-hybridized carbons (Fsp3) is 0.217. The van der Waals surface area contributed by atoms with Crippen LogP contribution in [0.5, 0.6) is 0 Å². The topological polar surface area (TPSA) is 70.8 Å². The Balaban J connectivity index is 1.35. The highest BCUT2D eigenvalue weighted by molar-refractivity contribution is 7.19. The third-order valence-electron chi connectivity index (χ3n) is 5.66. The van der Waals surface area contributed by atoms with Crippen molar-refractivity contribution in [2.75, 3.05) is 31.1 Å². The second-order valence-corrected chi connectivity index (χ2v) is 9.14. The maximum absolute atomic E-state index is 13.4. The van der Waals surface area contributed by atoms with Crippen LogP contribution in [0.2, 0.25) is 5.02 Å². The normalized spacial score (nSPS) is 14.2. The monoisotopic (exact) mass is 483 g/mol. The highest BCUT2D eigenvalue weighted by Gasteiger charge is 2.24. The molecule has 0 radical (unpaired) electrons. The van der Waals surface area contributed by atoms with Crippen molar-refractivity contribution in [1.82, 2.24) is 19.5 Å². The minimum Gasteiger partial charge on any atom is -0.353 e. The first-order chi connectivity index (χ1) is 15.9. The third-order valence-corrected chi connectivity index (χ3v) is 6.90. The summed E-state index contributed by atoms with van der Waals surface area (Å²) in [5, 5.41) is 5.13. The molecule has 0 saturated carbocycles. The van der Waals surface area contributed by atoms with Gasteiger partial charge in [-0.25, -0.2) is 9.37 Å². The van der Waals surface area contributed by atoms with E-state index >= 15 is 0 Å². The first kappa shape index (κ1) is 21.5. The molecule has 0 aliphatic carbocycles. The Kier molecular flexibility index (Phi) is 5.59. The minimum absolute atomic E-state index is 0.0768. The van der Waals surface area contributed by atoms with Gasteiger partial charge in [-0.05, 0) is 30.7 Å². The van der Waals surface area contributed by atoms with Crippen LogP contribution >= 0.6 is 22.9 Å². The molecular weight excluding hydrogens is 465 g/mol. The van der Waals surface area contributed by atoms with Crippen molar-refractivity contribution in [3.63, 3.8) is 0 Å². The minimum atomic E-state index is -0.556. The van der Waals surface area contributed by atoms with Crippen LogP contribution in [0.15, 0.2) is 53.3 Å². The third kappa shape index (κ3) is 4.09. The molecule has 3 heterocycles. The molecule has 10 heteroatoms. The van der Waals surface area contributed by atoms with Gasteiger partial charge in [0.05, 0.1) is 5.02 Å². The first-order valence-electron chi connectivity index (χ1n) is 10.4. The van der Waals surface area contributed by atoms with Crippen LogP contribution in [0.25, 0.3) is 15.5 Å². The Morgan fingerprint density at radius 3 is 2.58 bits per heavy atom. The molecule has 0 bridgehead atoms. The van der Waals surface area contributed by atoms with E-state index < -0.39 is 5.82 Å². The number of carbonyl (C=O) groups is 1. The summed E-state index contributed by atoms with van der Waals surface area (Å²) in [5.41, 5.74) is 2.15. The van der Waals surface area contributed by atoms with Gasteiger partial charge >= 0.3 is 0 Å². The molecule has 1 aliphatic rings. The van der Waals surface area contributed by atoms with E-state index in [1.165, 1.54) is 40.1 Å². The number of amides is 1. The van der Waals surface area contributed by atoms with Gasteiger partial charge in [-0.3, -0.25) is 9.59 Å². The van der Waals surface area contributed by atoms with E-state index in [-0.39, 0.29) is 16.5 Å². The first-order valence-corrected chi connectivity index (χ1v) is 11.6. The number of hydrogen-bond donors (Lipinski definition) is 0. The molecular formula is C23H19ClFN5O2S. The van der Waals surface area contributed by atoms with Crippen LogP contribution in [-0.2, 0) is 0 Å². The molecule has 7 nitrogen and oxygen atoms in total. The molecule has 0 N–H and O–H groups in total. The molecule has 5 rings (SSSR count). The molecule has 168 valence electrons. The summed E-state index contributed by atoms with van der Waals surface area (Å²) in [5.74, 6) is -0.193. The zero-order valence-corrected chi connectivity index (χ0v) is 19.2. The highest BCUT2D eigenvalue weighted by atomic mass is 35.5. The molecule has 2 aromatic carbocycles. The molecule has 1 amide bonds. The molecule has 0 atom stereocenters. The number of halogens is 2. The van der Waals surface area contributed by atoms with Crippen LogP contribution < -0.4 is 10.5 Å². The number of rotatable bonds is 3. The summed E-state index contributed by atoms with van der Waals surface area (Å²) < 4.78 is 14.7. The van der Waals surface area contributed by atoms with E-state index in [2.05, 4.69) is 10.1 Å². The van der Waals surface area contributed by atoms with Crippen molar-refractivity contribution >= 4 is 39.6 Å². The average molecular weight is 484 g/mol. The Labute approximate surface area is 197 Å². The fourth-order valence-electron chi connectivity index (χ4n) is 3.83. The largest absolute Gasteiger partial charge is 0.353 e. The lowest BCUT2D eigenvalue weighted by molar-refractivity contribution is 0.0746. The maximum atomic E-state index is 13.4. The molecule has 33 heavy (non-hydrogen) atoms. The van der Waals surface area contributed by atoms with E-state index in [0.29, 0.717) is 42.5 Å². The van der Waals surface area contributed by atoms with Gasteiger partial charge in [0.2, 0.25) is 4.96 Å². The second kappa shape index (κ2) is 8.57. The summed E-state index contributed by atoms with van der Waals surface area (Å²) in [7, 11) is 0. The fourth-order valence-corrected chi connectivity index (χ4v) is 5.00. The van der Waals surface area contributed by atoms with Crippen LogP contribution in [-0.4, -0.2) is 51.6 Å². The van der Waals surface area contributed by atoms with Crippen LogP contribution in [0.3, 0.4) is 0 Å². The quantitative estimate of drug-likeness (QED) is 0.442. The van der Waals surface area contributed by atoms with E-state index in [1.807, 2.05) is 36.1 Å². The van der Waals surface area contributed by atoms with Crippen molar-refractivity contribution in [3.8, 4) is 10.6 Å². The van der Waals surface area contributed by atoms with Crippen LogP contribution in [0.4, 0.5) is 10.2 Å². The van der Waals surface area contributed by atoms with Crippen molar-refractivity contribution in [3.05, 3.63) is 80.9 Å². The van der Waals surface area contributed by atoms with Gasteiger partial charge in [0.1, 0.15) is 16.6 Å². The maximum Gasteiger partial charge on any atom is 0.277 e. The number of benzene rings is 2. The van der Waals surface area contributed by atoms with Gasteiger partial charge < -0.3 is 9.80 Å². The Morgan fingerprint density at radius 2 is 1.85 bits per heavy atom. The summed E-state index contributed by atoms with van der Waals surface area (Å²) in [4.78, 5) is 34.3. The number of piperazine rings is 1. The van der Waals surface area contributed by atoms with E-state index in [4.69, 9.17) is 11.6 Å². The van der Waals surface area contributed by atoms with Crippen LogP contribution in [0.1, 0.15) is 15.9 Å². The van der Waals surface area contributed by atoms with Gasteiger partial charge in [-0.15, -0.1) is 0 Å². The summed E-state index contributed by atoms with van der Waals surface area (Å²) in [6.45, 7) is 3.95. The molecule has 4 aromatic rings. The van der Waals surface area contributed by atoms with Crippen molar-refractivity contribution < 1.29 is 9.18 Å². The lowest BCUT2D eigenvalue weighted by atomic mass is 10.1. The van der Waals surface area contributed by atoms with Crippen molar-refractivity contribution in [2.24, 2.45) is 0 Å². The zero-order valence-electron chi connectivity index (χ0n) is 17.7. The lowest BCUT2D eigenvalue weighted by Crippen LogP contribution is -2.49. The predicted molar refractivity (Wildman–Crippen MR) is 127 cm³/mol. The van der Waals surface area contributed by atoms with Crippen molar-refractivity contribution in [2.45, 2.75) is 6.92 Å². The predicted octanol–water partition coefficient (Wildman–Crippen LogP) is 3.88. The van der Waals surface area contributed by atoms with Gasteiger partial charge in [0, 0.05) is 43.4 Å². The van der Waals surface area contributed by atoms with E-state index in [1.54, 1.807) is 4.90 Å². The Bertz CT molecular complexity index is 1430. The molecule has 1 saturated heterocycles. The molecule has 0 spiro atoms. The number of carbonyl (C=O) groups excluding carboxylic acids is 1. The van der Waals surface area contributed by atoms with E-state index in [0.717, 1.165) is 16.1 Å². The highest BCUT2D eigenvalue weighted by Crippen LogP contribution is 2.28. The molecule has 1 fully saturated rings. The number of aromatic nitrogens is 3. The summed E-state index contributed by atoms with van der Waals surface area (Å²) in [6, 6.07) is 13.3. The van der Waals surface area contributed by atoms with Crippen molar-refractivity contribution in [1.29, 1.82) is 0 Å². The number of fused-ring (bicyclic) bond motifs is 1. The summed E-state index contributed by atoms with van der Waals surface area (Å²) >= 11 is 7.18. The zero-order chi connectivity index (χ0) is 23.1. The number of aryl methyl sites for hydroxylation is 1. The second-order valence-electron chi connectivity index (χ2n) is 7.78. The van der Waals surface area contributed by atoms with Gasteiger partial charge in [-0.1, -0.05) is 47.2 Å². The number of anilines is 1. The summed E-state index contributed by atoms with van der Waals surface area (Å²) in [6.07, 6.45) is 0. The average Bonchev–Trinajstić information content (AvgIpc) is 3.25. The molecule has 2 aromatic heterocycles. The lowest BCUT2D eigenvalue weighted by Gasteiger charge is -2.35. The number of nitrogens with zero attached hydrogens (tertiary/aromatic N) is 5. The molecule has 0 unspecified atom stereocenters. The SMILES string of the molecule is Cc1ccccc1-c1nn2c(=O)cc(N3CCN(C(=O)c4ccc(F)c(Cl)c4)CC3)nc2s1. The van der Waals surface area contributed by atoms with Gasteiger partial charge in [0.15, 0.2) is 0 Å².